The van der Waals surface area contributed by atoms with Gasteiger partial charge in [-0.05, 0) is 25.7 Å². The first-order valence-electron chi connectivity index (χ1n) is 7.86. The maximum absolute atomic E-state index is 5.66. The Labute approximate surface area is 125 Å². The van der Waals surface area contributed by atoms with E-state index in [1.54, 1.807) is 0 Å². The number of aromatic nitrogens is 3. The van der Waals surface area contributed by atoms with Crippen molar-refractivity contribution in [3.8, 4) is 0 Å². The van der Waals surface area contributed by atoms with Gasteiger partial charge in [0.15, 0.2) is 5.65 Å². The maximum atomic E-state index is 5.66. The monoisotopic (exact) mass is 287 g/mol. The summed E-state index contributed by atoms with van der Waals surface area (Å²) in [5, 5.41) is 8.26. The minimum absolute atomic E-state index is 0.0271. The Kier molecular flexibility index (Phi) is 3.61. The van der Waals surface area contributed by atoms with E-state index < -0.39 is 0 Å². The zero-order valence-corrected chi connectivity index (χ0v) is 13.2. The zero-order chi connectivity index (χ0) is 15.0. The average Bonchev–Trinajstić information content (AvgIpc) is 2.87. The molecular formula is C16H25N5. The lowest BCUT2D eigenvalue weighted by Gasteiger charge is -2.20. The molecule has 0 spiro atoms. The molecule has 5 nitrogen and oxygen atoms in total. The van der Waals surface area contributed by atoms with E-state index in [2.05, 4.69) is 32.2 Å². The number of fused-ring (bicyclic) bond motifs is 2. The fourth-order valence-electron chi connectivity index (χ4n) is 2.89. The molecule has 0 aliphatic heterocycles. The number of nitrogens with zero attached hydrogens (tertiary/aromatic N) is 3. The van der Waals surface area contributed by atoms with E-state index in [9.17, 15) is 0 Å². The van der Waals surface area contributed by atoms with Crippen LogP contribution in [0, 0.1) is 0 Å². The molecule has 114 valence electrons. The molecule has 3 rings (SSSR count). The van der Waals surface area contributed by atoms with Crippen molar-refractivity contribution >= 4 is 11.5 Å². The molecule has 5 heteroatoms. The van der Waals surface area contributed by atoms with Gasteiger partial charge in [-0.2, -0.15) is 9.61 Å². The Balaban J connectivity index is 2.18. The van der Waals surface area contributed by atoms with E-state index in [0.29, 0.717) is 6.54 Å². The molecule has 0 fully saturated rings. The summed E-state index contributed by atoms with van der Waals surface area (Å²) >= 11 is 0. The molecule has 1 aliphatic rings. The lowest BCUT2D eigenvalue weighted by Crippen LogP contribution is -2.20. The summed E-state index contributed by atoms with van der Waals surface area (Å²) in [5.41, 5.74) is 10.3. The molecule has 0 aromatic carbocycles. The summed E-state index contributed by atoms with van der Waals surface area (Å²) < 4.78 is 1.97. The number of rotatable bonds is 3. The molecule has 2 heterocycles. The van der Waals surface area contributed by atoms with Crippen LogP contribution < -0.4 is 11.1 Å². The van der Waals surface area contributed by atoms with Crippen molar-refractivity contribution in [2.45, 2.75) is 51.9 Å². The summed E-state index contributed by atoms with van der Waals surface area (Å²) in [6, 6.07) is 2.11. The fourth-order valence-corrected chi connectivity index (χ4v) is 2.89. The van der Waals surface area contributed by atoms with E-state index in [0.717, 1.165) is 36.5 Å². The summed E-state index contributed by atoms with van der Waals surface area (Å²) in [5.74, 6) is 1.09. The Hall–Kier alpha value is -1.62. The lowest BCUT2D eigenvalue weighted by molar-refractivity contribution is 0.562. The van der Waals surface area contributed by atoms with Crippen LogP contribution in [-0.4, -0.2) is 27.7 Å². The highest BCUT2D eigenvalue weighted by molar-refractivity contribution is 5.57. The Morgan fingerprint density at radius 3 is 2.76 bits per heavy atom. The third-order valence-electron chi connectivity index (χ3n) is 4.08. The van der Waals surface area contributed by atoms with Crippen molar-refractivity contribution in [1.29, 1.82) is 0 Å². The van der Waals surface area contributed by atoms with Crippen molar-refractivity contribution in [3.05, 3.63) is 23.0 Å². The van der Waals surface area contributed by atoms with Crippen LogP contribution in [0.2, 0.25) is 0 Å². The Morgan fingerprint density at radius 1 is 1.29 bits per heavy atom. The van der Waals surface area contributed by atoms with Crippen molar-refractivity contribution in [1.82, 2.24) is 14.6 Å². The van der Waals surface area contributed by atoms with Crippen LogP contribution in [0.1, 0.15) is 50.6 Å². The summed E-state index contributed by atoms with van der Waals surface area (Å²) in [6.45, 7) is 7.92. The van der Waals surface area contributed by atoms with Gasteiger partial charge in [-0.3, -0.25) is 0 Å². The SMILES string of the molecule is CC(C)(C)c1cc2nc3c(c(NCCN)n2n1)CCCC3. The zero-order valence-electron chi connectivity index (χ0n) is 13.2. The summed E-state index contributed by atoms with van der Waals surface area (Å²) in [7, 11) is 0. The smallest absolute Gasteiger partial charge is 0.157 e. The molecule has 21 heavy (non-hydrogen) atoms. The van der Waals surface area contributed by atoms with Crippen LogP contribution in [0.25, 0.3) is 5.65 Å². The molecule has 0 atom stereocenters. The minimum Gasteiger partial charge on any atom is -0.368 e. The molecule has 3 N–H and O–H groups in total. The Morgan fingerprint density at radius 2 is 2.05 bits per heavy atom. The predicted molar refractivity (Wildman–Crippen MR) is 85.9 cm³/mol. The van der Waals surface area contributed by atoms with Crippen LogP contribution in [0.4, 0.5) is 5.82 Å². The minimum atomic E-state index is 0.0271. The van der Waals surface area contributed by atoms with E-state index in [4.69, 9.17) is 15.8 Å². The maximum Gasteiger partial charge on any atom is 0.157 e. The van der Waals surface area contributed by atoms with Gasteiger partial charge in [0.1, 0.15) is 5.82 Å². The van der Waals surface area contributed by atoms with Gasteiger partial charge in [-0.25, -0.2) is 4.98 Å². The number of hydrogen-bond acceptors (Lipinski definition) is 4. The highest BCUT2D eigenvalue weighted by atomic mass is 15.3. The number of aryl methyl sites for hydroxylation is 1. The van der Waals surface area contributed by atoms with E-state index in [1.807, 2.05) is 4.52 Å². The molecule has 0 saturated carbocycles. The summed E-state index contributed by atoms with van der Waals surface area (Å²) in [6.07, 6.45) is 4.60. The molecular weight excluding hydrogens is 262 g/mol. The number of nitrogens with two attached hydrogens (primary N) is 1. The van der Waals surface area contributed by atoms with Crippen molar-refractivity contribution < 1.29 is 0 Å². The summed E-state index contributed by atoms with van der Waals surface area (Å²) in [4.78, 5) is 4.85. The molecule has 0 unspecified atom stereocenters. The van der Waals surface area contributed by atoms with Gasteiger partial charge < -0.3 is 11.1 Å². The van der Waals surface area contributed by atoms with Crippen LogP contribution in [-0.2, 0) is 18.3 Å². The van der Waals surface area contributed by atoms with Gasteiger partial charge in [0.05, 0.1) is 5.69 Å². The van der Waals surface area contributed by atoms with Gasteiger partial charge in [0.2, 0.25) is 0 Å². The van der Waals surface area contributed by atoms with Gasteiger partial charge >= 0.3 is 0 Å². The largest absolute Gasteiger partial charge is 0.368 e. The van der Waals surface area contributed by atoms with Crippen molar-refractivity contribution in [2.75, 3.05) is 18.4 Å². The second-order valence-corrected chi connectivity index (χ2v) is 6.86. The first-order valence-corrected chi connectivity index (χ1v) is 7.86. The van der Waals surface area contributed by atoms with E-state index >= 15 is 0 Å². The van der Waals surface area contributed by atoms with Gasteiger partial charge in [0.25, 0.3) is 0 Å². The molecule has 0 bridgehead atoms. The third-order valence-corrected chi connectivity index (χ3v) is 4.08. The third kappa shape index (κ3) is 2.62. The second kappa shape index (κ2) is 5.30. The Bertz CT molecular complexity index is 651. The highest BCUT2D eigenvalue weighted by Crippen LogP contribution is 2.30. The highest BCUT2D eigenvalue weighted by Gasteiger charge is 2.23. The molecule has 2 aromatic heterocycles. The quantitative estimate of drug-likeness (QED) is 0.908. The first kappa shape index (κ1) is 14.3. The van der Waals surface area contributed by atoms with Crippen molar-refractivity contribution in [2.24, 2.45) is 5.73 Å². The molecule has 0 saturated heterocycles. The number of anilines is 1. The average molecular weight is 287 g/mol. The molecule has 0 amide bonds. The van der Waals surface area contributed by atoms with Crippen molar-refractivity contribution in [3.63, 3.8) is 0 Å². The first-order chi connectivity index (χ1) is 10.0. The van der Waals surface area contributed by atoms with Crippen LogP contribution in [0.15, 0.2) is 6.07 Å². The topological polar surface area (TPSA) is 68.2 Å². The van der Waals surface area contributed by atoms with E-state index in [1.165, 1.54) is 24.1 Å². The normalized spacial score (nSPS) is 15.2. The fraction of sp³-hybridized carbons (Fsp3) is 0.625. The lowest BCUT2D eigenvalue weighted by atomic mass is 9.92. The van der Waals surface area contributed by atoms with Crippen LogP contribution in [0.3, 0.4) is 0 Å². The standard InChI is InChI=1S/C16H25N5/c1-16(2,3)13-10-14-19-12-7-5-4-6-11(12)15(18-9-8-17)21(14)20-13/h10,18H,4-9,17H2,1-3H3. The van der Waals surface area contributed by atoms with Crippen LogP contribution >= 0.6 is 0 Å². The molecule has 0 radical (unpaired) electrons. The predicted octanol–water partition coefficient (Wildman–Crippen LogP) is 2.28. The van der Waals surface area contributed by atoms with Gasteiger partial charge in [0, 0.05) is 35.8 Å². The van der Waals surface area contributed by atoms with E-state index in [-0.39, 0.29) is 5.41 Å². The van der Waals surface area contributed by atoms with Gasteiger partial charge in [-0.1, -0.05) is 20.8 Å². The van der Waals surface area contributed by atoms with Crippen LogP contribution in [0.5, 0.6) is 0 Å². The molecule has 1 aliphatic carbocycles. The number of hydrogen-bond donors (Lipinski definition) is 2. The molecule has 2 aromatic rings. The van der Waals surface area contributed by atoms with Gasteiger partial charge in [-0.15, -0.1) is 0 Å². The second-order valence-electron chi connectivity index (χ2n) is 6.86. The number of nitrogens with one attached hydrogen (secondary N) is 1.